The zero-order chi connectivity index (χ0) is 15.6. The van der Waals surface area contributed by atoms with Crippen molar-refractivity contribution in [3.63, 3.8) is 0 Å². The molecule has 0 aliphatic carbocycles. The van der Waals surface area contributed by atoms with Crippen molar-refractivity contribution in [2.24, 2.45) is 11.8 Å². The van der Waals surface area contributed by atoms with Crippen LogP contribution in [0.1, 0.15) is 17.5 Å². The fourth-order valence-corrected chi connectivity index (χ4v) is 4.78. The van der Waals surface area contributed by atoms with Crippen LogP contribution >= 0.6 is 0 Å². The molecule has 5 nitrogen and oxygen atoms in total. The molecule has 6 heteroatoms. The molecule has 1 N–H and O–H groups in total. The molecule has 2 atom stereocenters. The van der Waals surface area contributed by atoms with E-state index in [9.17, 15) is 18.3 Å². The van der Waals surface area contributed by atoms with Crippen molar-refractivity contribution < 1.29 is 23.1 Å². The predicted molar refractivity (Wildman–Crippen MR) is 79.3 cm³/mol. The van der Waals surface area contributed by atoms with E-state index < -0.39 is 21.7 Å². The highest BCUT2D eigenvalue weighted by atomic mass is 32.2. The molecule has 1 aliphatic rings. The lowest BCUT2D eigenvalue weighted by molar-refractivity contribution is -0.143. The summed E-state index contributed by atoms with van der Waals surface area (Å²) in [6, 6.07) is 5.62. The summed E-state index contributed by atoms with van der Waals surface area (Å²) in [4.78, 5) is 11.6. The van der Waals surface area contributed by atoms with Gasteiger partial charge in [0.15, 0.2) is 9.84 Å². The van der Waals surface area contributed by atoms with Gasteiger partial charge in [-0.15, -0.1) is 0 Å². The van der Waals surface area contributed by atoms with Crippen LogP contribution in [0.2, 0.25) is 0 Å². The summed E-state index contributed by atoms with van der Waals surface area (Å²) in [5, 5.41) is 9.46. The van der Waals surface area contributed by atoms with Crippen LogP contribution in [0.5, 0.6) is 5.75 Å². The Bertz CT molecular complexity index is 635. The van der Waals surface area contributed by atoms with Crippen LogP contribution in [-0.2, 0) is 21.1 Å². The molecule has 0 saturated carbocycles. The number of aryl methyl sites for hydroxylation is 1. The number of hydrogen-bond acceptors (Lipinski definition) is 4. The molecule has 1 saturated heterocycles. The molecule has 0 amide bonds. The van der Waals surface area contributed by atoms with Crippen molar-refractivity contribution in [2.75, 3.05) is 18.6 Å². The molecule has 0 aromatic heterocycles. The van der Waals surface area contributed by atoms with Gasteiger partial charge in [0.25, 0.3) is 0 Å². The lowest BCUT2D eigenvalue weighted by atomic mass is 9.86. The quantitative estimate of drug-likeness (QED) is 0.894. The highest BCUT2D eigenvalue weighted by Gasteiger charge is 2.37. The van der Waals surface area contributed by atoms with Crippen molar-refractivity contribution >= 4 is 15.8 Å². The maximum atomic E-state index is 11.6. The third kappa shape index (κ3) is 3.75. The van der Waals surface area contributed by atoms with E-state index in [2.05, 4.69) is 0 Å². The molecule has 1 fully saturated rings. The van der Waals surface area contributed by atoms with Gasteiger partial charge in [0.1, 0.15) is 5.75 Å². The zero-order valence-corrected chi connectivity index (χ0v) is 13.0. The van der Waals surface area contributed by atoms with E-state index in [1.807, 2.05) is 25.1 Å². The van der Waals surface area contributed by atoms with Crippen LogP contribution in [0.3, 0.4) is 0 Å². The molecule has 116 valence electrons. The highest BCUT2D eigenvalue weighted by Crippen LogP contribution is 2.31. The Hall–Kier alpha value is -1.56. The molecule has 1 aromatic rings. The third-order valence-electron chi connectivity index (χ3n) is 4.03. The second-order valence-electron chi connectivity index (χ2n) is 5.63. The standard InChI is InChI=1S/C15H20O5S/c1-10-3-4-14(20-2)12(7-10)8-13(15(16)17)11-5-6-21(18,19)9-11/h3-4,7,11,13H,5-6,8-9H2,1-2H3,(H,16,17). The van der Waals surface area contributed by atoms with Crippen molar-refractivity contribution in [3.8, 4) is 5.75 Å². The Morgan fingerprint density at radius 2 is 2.19 bits per heavy atom. The summed E-state index contributed by atoms with van der Waals surface area (Å²) in [7, 11) is -1.54. The van der Waals surface area contributed by atoms with Crippen molar-refractivity contribution in [1.82, 2.24) is 0 Å². The number of aliphatic carboxylic acids is 1. The lowest BCUT2D eigenvalue weighted by Gasteiger charge is -2.19. The summed E-state index contributed by atoms with van der Waals surface area (Å²) in [5.74, 6) is -1.26. The molecule has 1 aliphatic heterocycles. The fourth-order valence-electron chi connectivity index (χ4n) is 2.90. The van der Waals surface area contributed by atoms with Gasteiger partial charge in [-0.3, -0.25) is 4.79 Å². The molecule has 2 rings (SSSR count). The minimum absolute atomic E-state index is 0.0297. The first-order chi connectivity index (χ1) is 9.82. The van der Waals surface area contributed by atoms with E-state index in [0.29, 0.717) is 18.6 Å². The summed E-state index contributed by atoms with van der Waals surface area (Å²) < 4.78 is 28.4. The SMILES string of the molecule is COc1ccc(C)cc1CC(C(=O)O)C1CCS(=O)(=O)C1. The van der Waals surface area contributed by atoms with E-state index in [-0.39, 0.29) is 17.4 Å². The lowest BCUT2D eigenvalue weighted by Crippen LogP contribution is -2.27. The van der Waals surface area contributed by atoms with Gasteiger partial charge in [0.2, 0.25) is 0 Å². The Morgan fingerprint density at radius 3 is 2.71 bits per heavy atom. The number of rotatable bonds is 5. The smallest absolute Gasteiger partial charge is 0.307 e. The molecular formula is C15H20O5S. The van der Waals surface area contributed by atoms with Crippen molar-refractivity contribution in [3.05, 3.63) is 29.3 Å². The van der Waals surface area contributed by atoms with E-state index in [1.54, 1.807) is 7.11 Å². The Kier molecular flexibility index (Phi) is 4.56. The second-order valence-corrected chi connectivity index (χ2v) is 7.86. The fraction of sp³-hybridized carbons (Fsp3) is 0.533. The minimum Gasteiger partial charge on any atom is -0.496 e. The van der Waals surface area contributed by atoms with Gasteiger partial charge >= 0.3 is 5.97 Å². The first-order valence-corrected chi connectivity index (χ1v) is 8.71. The van der Waals surface area contributed by atoms with Gasteiger partial charge < -0.3 is 9.84 Å². The van der Waals surface area contributed by atoms with E-state index in [0.717, 1.165) is 11.1 Å². The molecule has 0 bridgehead atoms. The number of ether oxygens (including phenoxy) is 1. The predicted octanol–water partition coefficient (Wildman–Crippen LogP) is 1.68. The number of methoxy groups -OCH3 is 1. The van der Waals surface area contributed by atoms with Crippen LogP contribution in [-0.4, -0.2) is 38.1 Å². The Balaban J connectivity index is 2.25. The van der Waals surface area contributed by atoms with Crippen molar-refractivity contribution in [2.45, 2.75) is 19.8 Å². The maximum Gasteiger partial charge on any atom is 0.307 e. The van der Waals surface area contributed by atoms with Crippen LogP contribution in [0.4, 0.5) is 0 Å². The summed E-state index contributed by atoms with van der Waals surface area (Å²) >= 11 is 0. The average Bonchev–Trinajstić information content (AvgIpc) is 2.76. The number of carboxylic acids is 1. The monoisotopic (exact) mass is 312 g/mol. The number of carboxylic acid groups (broad SMARTS) is 1. The van der Waals surface area contributed by atoms with E-state index in [4.69, 9.17) is 4.74 Å². The number of carbonyl (C=O) groups is 1. The molecule has 0 radical (unpaired) electrons. The Morgan fingerprint density at radius 1 is 1.48 bits per heavy atom. The molecule has 21 heavy (non-hydrogen) atoms. The maximum absolute atomic E-state index is 11.6. The largest absolute Gasteiger partial charge is 0.496 e. The van der Waals surface area contributed by atoms with Crippen LogP contribution in [0.15, 0.2) is 18.2 Å². The summed E-state index contributed by atoms with van der Waals surface area (Å²) in [6.45, 7) is 1.93. The van der Waals surface area contributed by atoms with Crippen LogP contribution in [0, 0.1) is 18.8 Å². The minimum atomic E-state index is -3.08. The first kappa shape index (κ1) is 15.8. The van der Waals surface area contributed by atoms with E-state index in [1.165, 1.54) is 0 Å². The molecule has 1 aromatic carbocycles. The van der Waals surface area contributed by atoms with Crippen LogP contribution < -0.4 is 4.74 Å². The number of benzene rings is 1. The number of sulfone groups is 1. The summed E-state index contributed by atoms with van der Waals surface area (Å²) in [5.41, 5.74) is 1.84. The van der Waals surface area contributed by atoms with Crippen LogP contribution in [0.25, 0.3) is 0 Å². The average molecular weight is 312 g/mol. The Labute approximate surface area is 124 Å². The normalized spacial score (nSPS) is 21.9. The van der Waals surface area contributed by atoms with Gasteiger partial charge in [-0.1, -0.05) is 17.7 Å². The van der Waals surface area contributed by atoms with Gasteiger partial charge in [0, 0.05) is 0 Å². The topological polar surface area (TPSA) is 80.7 Å². The summed E-state index contributed by atoms with van der Waals surface area (Å²) in [6.07, 6.45) is 0.716. The molecular weight excluding hydrogens is 292 g/mol. The van der Waals surface area contributed by atoms with E-state index >= 15 is 0 Å². The van der Waals surface area contributed by atoms with Gasteiger partial charge in [-0.05, 0) is 37.3 Å². The molecule has 1 heterocycles. The third-order valence-corrected chi connectivity index (χ3v) is 5.82. The molecule has 0 spiro atoms. The van der Waals surface area contributed by atoms with Gasteiger partial charge in [-0.25, -0.2) is 8.42 Å². The number of hydrogen-bond donors (Lipinski definition) is 1. The zero-order valence-electron chi connectivity index (χ0n) is 12.2. The molecule has 2 unspecified atom stereocenters. The first-order valence-electron chi connectivity index (χ1n) is 6.89. The van der Waals surface area contributed by atoms with Crippen molar-refractivity contribution in [1.29, 1.82) is 0 Å². The van der Waals surface area contributed by atoms with Gasteiger partial charge in [0.05, 0.1) is 24.5 Å². The van der Waals surface area contributed by atoms with Gasteiger partial charge in [-0.2, -0.15) is 0 Å². The highest BCUT2D eigenvalue weighted by molar-refractivity contribution is 7.91. The second kappa shape index (κ2) is 6.05.